The minimum atomic E-state index is -1.49. The number of hydrogen-bond donors (Lipinski definition) is 10. The van der Waals surface area contributed by atoms with E-state index < -0.39 is 54.0 Å². The lowest BCUT2D eigenvalue weighted by Gasteiger charge is -2.26. The fourth-order valence-corrected chi connectivity index (χ4v) is 3.76. The van der Waals surface area contributed by atoms with Gasteiger partial charge in [-0.3, -0.25) is 19.4 Å². The molecule has 0 aliphatic carbocycles. The van der Waals surface area contributed by atoms with Gasteiger partial charge >= 0.3 is 5.97 Å². The first kappa shape index (κ1) is 32.5. The summed E-state index contributed by atoms with van der Waals surface area (Å²) in [5.41, 5.74) is 17.6. The molecule has 3 amide bonds. The number of nitrogens with one attached hydrogen (secondary N) is 4. The number of benzene rings is 1. The highest BCUT2D eigenvalue weighted by atomic mass is 16.4. The molecule has 16 nitrogen and oxygen atoms in total. The second kappa shape index (κ2) is 15.8. The number of aromatic amines is 1. The van der Waals surface area contributed by atoms with Crippen molar-refractivity contribution in [1.82, 2.24) is 25.9 Å². The Morgan fingerprint density at radius 3 is 2.22 bits per heavy atom. The lowest BCUT2D eigenvalue weighted by atomic mass is 10.0. The SMILES string of the molecule is CC(O)C(NC(=O)C(N)Cc1ccc(O)cc1)C(=O)NC(Cc1cnc[nH]1)C(=O)NC(CCCN=C(N)N)C(=O)O. The normalized spacial score (nSPS) is 14.5. The smallest absolute Gasteiger partial charge is 0.326 e. The number of H-pyrrole nitrogens is 1. The first-order chi connectivity index (χ1) is 19.4. The molecule has 1 aromatic heterocycles. The molecule has 224 valence electrons. The van der Waals surface area contributed by atoms with Crippen molar-refractivity contribution in [3.05, 3.63) is 48.0 Å². The molecule has 0 bridgehead atoms. The van der Waals surface area contributed by atoms with Crippen molar-refractivity contribution in [2.45, 2.75) is 62.9 Å². The van der Waals surface area contributed by atoms with Gasteiger partial charge in [0.1, 0.15) is 23.9 Å². The molecule has 1 heterocycles. The van der Waals surface area contributed by atoms with Crippen LogP contribution in [0.3, 0.4) is 0 Å². The van der Waals surface area contributed by atoms with Crippen LogP contribution in [0.1, 0.15) is 31.0 Å². The second-order valence-electron chi connectivity index (χ2n) is 9.39. The second-order valence-corrected chi connectivity index (χ2v) is 9.39. The molecule has 16 heteroatoms. The Morgan fingerprint density at radius 1 is 1.00 bits per heavy atom. The van der Waals surface area contributed by atoms with Gasteiger partial charge in [0.15, 0.2) is 5.96 Å². The van der Waals surface area contributed by atoms with E-state index in [0.29, 0.717) is 11.3 Å². The number of guanidine groups is 1. The largest absolute Gasteiger partial charge is 0.508 e. The van der Waals surface area contributed by atoms with E-state index in [2.05, 4.69) is 30.9 Å². The van der Waals surface area contributed by atoms with Gasteiger partial charge in [-0.15, -0.1) is 0 Å². The number of phenolic OH excluding ortho intramolecular Hbond substituents is 1. The maximum Gasteiger partial charge on any atom is 0.326 e. The topological polar surface area (TPSA) is 284 Å². The van der Waals surface area contributed by atoms with Gasteiger partial charge in [-0.1, -0.05) is 12.1 Å². The summed E-state index contributed by atoms with van der Waals surface area (Å²) in [5.74, 6) is -3.85. The Balaban J connectivity index is 2.12. The van der Waals surface area contributed by atoms with Crippen molar-refractivity contribution in [2.24, 2.45) is 22.2 Å². The number of amides is 3. The zero-order chi connectivity index (χ0) is 30.5. The number of carbonyl (C=O) groups is 4. The first-order valence-electron chi connectivity index (χ1n) is 12.8. The lowest BCUT2D eigenvalue weighted by Crippen LogP contribution is -2.60. The number of aliphatic imine (C=N–C) groups is 1. The van der Waals surface area contributed by atoms with Crippen LogP contribution in [0.2, 0.25) is 0 Å². The fraction of sp³-hybridized carbons (Fsp3) is 0.440. The first-order valence-corrected chi connectivity index (χ1v) is 12.8. The van der Waals surface area contributed by atoms with Crippen LogP contribution in [-0.2, 0) is 32.0 Å². The Kier molecular flexibility index (Phi) is 12.5. The average molecular weight is 576 g/mol. The third-order valence-electron chi connectivity index (χ3n) is 5.96. The molecule has 5 atom stereocenters. The summed E-state index contributed by atoms with van der Waals surface area (Å²) < 4.78 is 0. The van der Waals surface area contributed by atoms with Crippen molar-refractivity contribution in [1.29, 1.82) is 0 Å². The molecular formula is C25H37N9O7. The minimum absolute atomic E-state index is 0.00779. The molecule has 1 aromatic carbocycles. The molecule has 0 saturated carbocycles. The maximum absolute atomic E-state index is 13.2. The van der Waals surface area contributed by atoms with Gasteiger partial charge in [-0.25, -0.2) is 9.78 Å². The number of aliphatic hydroxyl groups excluding tert-OH is 1. The van der Waals surface area contributed by atoms with Gasteiger partial charge in [0.2, 0.25) is 17.7 Å². The molecule has 2 aromatic rings. The van der Waals surface area contributed by atoms with Crippen molar-refractivity contribution < 1.29 is 34.5 Å². The highest BCUT2D eigenvalue weighted by molar-refractivity contribution is 5.94. The Labute approximate surface area is 235 Å². The minimum Gasteiger partial charge on any atom is -0.508 e. The van der Waals surface area contributed by atoms with Crippen LogP contribution in [0.25, 0.3) is 0 Å². The van der Waals surface area contributed by atoms with Gasteiger partial charge in [0.25, 0.3) is 0 Å². The Morgan fingerprint density at radius 2 is 1.66 bits per heavy atom. The zero-order valence-electron chi connectivity index (χ0n) is 22.5. The van der Waals surface area contributed by atoms with Crippen molar-refractivity contribution in [3.63, 3.8) is 0 Å². The number of carboxylic acid groups (broad SMARTS) is 1. The number of carboxylic acids is 1. The quantitative estimate of drug-likeness (QED) is 0.0554. The van der Waals surface area contributed by atoms with Gasteiger partial charge in [-0.05, 0) is 43.9 Å². The van der Waals surface area contributed by atoms with Crippen molar-refractivity contribution in [2.75, 3.05) is 6.54 Å². The summed E-state index contributed by atoms with van der Waals surface area (Å²) >= 11 is 0. The van der Waals surface area contributed by atoms with Gasteiger partial charge in [0.05, 0.1) is 18.5 Å². The number of carbonyl (C=O) groups excluding carboxylic acids is 3. The number of aliphatic carboxylic acids is 1. The van der Waals surface area contributed by atoms with Crippen LogP contribution in [0.15, 0.2) is 41.8 Å². The van der Waals surface area contributed by atoms with E-state index in [4.69, 9.17) is 17.2 Å². The zero-order valence-corrected chi connectivity index (χ0v) is 22.5. The summed E-state index contributed by atoms with van der Waals surface area (Å²) in [6.45, 7) is 1.43. The molecule has 0 radical (unpaired) electrons. The van der Waals surface area contributed by atoms with Crippen LogP contribution in [0.5, 0.6) is 5.75 Å². The summed E-state index contributed by atoms with van der Waals surface area (Å²) in [6.07, 6.45) is 1.67. The number of nitrogens with zero attached hydrogens (tertiary/aromatic N) is 2. The number of aromatic nitrogens is 2. The number of aromatic hydroxyl groups is 1. The molecule has 5 unspecified atom stereocenters. The van der Waals surface area contributed by atoms with E-state index >= 15 is 0 Å². The van der Waals surface area contributed by atoms with Crippen LogP contribution in [-0.4, -0.2) is 91.8 Å². The lowest BCUT2D eigenvalue weighted by molar-refractivity contribution is -0.142. The average Bonchev–Trinajstić information content (AvgIpc) is 3.42. The van der Waals surface area contributed by atoms with Gasteiger partial charge < -0.3 is 53.5 Å². The third kappa shape index (κ3) is 11.1. The summed E-state index contributed by atoms with van der Waals surface area (Å²) in [6, 6.07) is 0.880. The van der Waals surface area contributed by atoms with Crippen LogP contribution in [0, 0.1) is 0 Å². The monoisotopic (exact) mass is 575 g/mol. The van der Waals surface area contributed by atoms with Crippen LogP contribution < -0.4 is 33.2 Å². The molecule has 2 rings (SSSR count). The molecule has 0 saturated heterocycles. The predicted octanol–water partition coefficient (Wildman–Crippen LogP) is -2.80. The van der Waals surface area contributed by atoms with E-state index in [1.54, 1.807) is 12.1 Å². The van der Waals surface area contributed by atoms with Crippen LogP contribution >= 0.6 is 0 Å². The number of rotatable bonds is 16. The molecule has 0 fully saturated rings. The number of phenols is 1. The van der Waals surface area contributed by atoms with E-state index in [-0.39, 0.29) is 43.9 Å². The van der Waals surface area contributed by atoms with Gasteiger partial charge in [-0.2, -0.15) is 0 Å². The number of aliphatic hydroxyl groups is 1. The van der Waals surface area contributed by atoms with Crippen molar-refractivity contribution in [3.8, 4) is 5.75 Å². The summed E-state index contributed by atoms with van der Waals surface area (Å²) in [4.78, 5) is 61.2. The highest BCUT2D eigenvalue weighted by Gasteiger charge is 2.32. The molecule has 0 spiro atoms. The number of imidazole rings is 1. The summed E-state index contributed by atoms with van der Waals surface area (Å²) in [7, 11) is 0. The maximum atomic E-state index is 13.2. The summed E-state index contributed by atoms with van der Waals surface area (Å²) in [5, 5.41) is 36.5. The molecule has 13 N–H and O–H groups in total. The third-order valence-corrected chi connectivity index (χ3v) is 5.96. The Hall–Kier alpha value is -4.70. The molecule has 41 heavy (non-hydrogen) atoms. The van der Waals surface area contributed by atoms with E-state index in [1.165, 1.54) is 31.6 Å². The highest BCUT2D eigenvalue weighted by Crippen LogP contribution is 2.11. The van der Waals surface area contributed by atoms with Crippen molar-refractivity contribution >= 4 is 29.7 Å². The van der Waals surface area contributed by atoms with Crippen LogP contribution in [0.4, 0.5) is 0 Å². The number of nitrogens with two attached hydrogens (primary N) is 3. The standard InChI is InChI=1S/C25H37N9O7/c1-13(35)20(34-21(37)17(26)9-14-4-6-16(36)7-5-14)23(39)33-19(10-15-11-29-12-31-15)22(38)32-18(24(40)41)3-2-8-30-25(27)28/h4-7,11-13,17-20,35-36H,2-3,8-10,26H2,1H3,(H,29,31)(H,32,38)(H,33,39)(H,34,37)(H,40,41)(H4,27,28,30). The van der Waals surface area contributed by atoms with E-state index in [9.17, 15) is 34.5 Å². The fourth-order valence-electron chi connectivity index (χ4n) is 3.76. The van der Waals surface area contributed by atoms with Gasteiger partial charge in [0, 0.05) is 24.9 Å². The Bertz CT molecular complexity index is 1180. The van der Waals surface area contributed by atoms with E-state index in [1.807, 2.05) is 0 Å². The molecule has 0 aliphatic rings. The number of hydrogen-bond acceptors (Lipinski definition) is 9. The molecular weight excluding hydrogens is 538 g/mol. The molecule has 0 aliphatic heterocycles. The van der Waals surface area contributed by atoms with E-state index in [0.717, 1.165) is 0 Å². The predicted molar refractivity (Wildman–Crippen MR) is 147 cm³/mol.